The molecule has 1 saturated heterocycles. The first kappa shape index (κ1) is 19.2. The second-order valence-electron chi connectivity index (χ2n) is 7.37. The highest BCUT2D eigenvalue weighted by molar-refractivity contribution is 7.15. The molecule has 1 aromatic carbocycles. The summed E-state index contributed by atoms with van der Waals surface area (Å²) in [4.78, 5) is 22.8. The number of nitrogens with one attached hydrogen (secondary N) is 1. The molecule has 1 aromatic heterocycles. The number of nitrogens with zero attached hydrogens (tertiary/aromatic N) is 3. The van der Waals surface area contributed by atoms with Gasteiger partial charge in [-0.15, -0.1) is 11.3 Å². The molecule has 0 saturated carbocycles. The molecule has 0 atom stereocenters. The number of fused-ring (bicyclic) bond motifs is 1. The summed E-state index contributed by atoms with van der Waals surface area (Å²) < 4.78 is 5.77. The Bertz CT molecular complexity index is 748. The summed E-state index contributed by atoms with van der Waals surface area (Å²) in [6, 6.07) is 9.87. The van der Waals surface area contributed by atoms with Gasteiger partial charge in [-0.1, -0.05) is 24.6 Å². The predicted molar refractivity (Wildman–Crippen MR) is 112 cm³/mol. The zero-order valence-corrected chi connectivity index (χ0v) is 17.0. The highest BCUT2D eigenvalue weighted by Gasteiger charge is 2.22. The quantitative estimate of drug-likeness (QED) is 0.779. The average Bonchev–Trinajstić information content (AvgIpc) is 2.97. The minimum Gasteiger partial charge on any atom is -0.492 e. The number of rotatable bonds is 5. The van der Waals surface area contributed by atoms with Crippen molar-refractivity contribution in [2.45, 2.75) is 32.1 Å². The van der Waals surface area contributed by atoms with Gasteiger partial charge in [0.05, 0.1) is 5.69 Å². The Balaban J connectivity index is 1.20. The van der Waals surface area contributed by atoms with Crippen molar-refractivity contribution in [3.63, 3.8) is 0 Å². The van der Waals surface area contributed by atoms with Gasteiger partial charge in [0.2, 0.25) is 0 Å². The van der Waals surface area contributed by atoms with Gasteiger partial charge in [-0.2, -0.15) is 0 Å². The normalized spacial score (nSPS) is 17.6. The Hall–Kier alpha value is -2.12. The van der Waals surface area contributed by atoms with Crippen LogP contribution in [0.25, 0.3) is 0 Å². The zero-order valence-electron chi connectivity index (χ0n) is 16.2. The van der Waals surface area contributed by atoms with Crippen LogP contribution < -0.4 is 10.1 Å². The Kier molecular flexibility index (Phi) is 6.44. The van der Waals surface area contributed by atoms with Crippen molar-refractivity contribution < 1.29 is 9.53 Å². The maximum Gasteiger partial charge on any atom is 0.323 e. The van der Waals surface area contributed by atoms with Gasteiger partial charge in [0.1, 0.15) is 12.4 Å². The first-order valence-corrected chi connectivity index (χ1v) is 11.0. The van der Waals surface area contributed by atoms with Crippen molar-refractivity contribution in [2.24, 2.45) is 0 Å². The van der Waals surface area contributed by atoms with E-state index in [4.69, 9.17) is 4.74 Å². The summed E-state index contributed by atoms with van der Waals surface area (Å²) in [5.74, 6) is 0.905. The van der Waals surface area contributed by atoms with Crippen molar-refractivity contribution in [3.8, 4) is 5.75 Å². The Morgan fingerprint density at radius 2 is 1.86 bits per heavy atom. The minimum atomic E-state index is -0.0240. The summed E-state index contributed by atoms with van der Waals surface area (Å²) >= 11 is 1.65. The first-order valence-electron chi connectivity index (χ1n) is 10.2. The first-order chi connectivity index (χ1) is 13.8. The van der Waals surface area contributed by atoms with Crippen LogP contribution >= 0.6 is 11.3 Å². The van der Waals surface area contributed by atoms with Crippen LogP contribution in [-0.4, -0.2) is 60.1 Å². The van der Waals surface area contributed by atoms with Gasteiger partial charge >= 0.3 is 6.03 Å². The van der Waals surface area contributed by atoms with E-state index in [-0.39, 0.29) is 6.03 Å². The van der Waals surface area contributed by atoms with E-state index >= 15 is 0 Å². The van der Waals surface area contributed by atoms with E-state index in [2.05, 4.69) is 15.2 Å². The van der Waals surface area contributed by atoms with E-state index in [1.807, 2.05) is 35.2 Å². The molecule has 1 fully saturated rings. The van der Waals surface area contributed by atoms with E-state index in [0.29, 0.717) is 6.61 Å². The van der Waals surface area contributed by atoms with Crippen molar-refractivity contribution >= 4 is 22.5 Å². The molecular weight excluding hydrogens is 372 g/mol. The predicted octanol–water partition coefficient (Wildman–Crippen LogP) is 3.64. The fourth-order valence-electron chi connectivity index (χ4n) is 3.74. The maximum absolute atomic E-state index is 12.6. The molecule has 1 aliphatic carbocycles. The fourth-order valence-corrected chi connectivity index (χ4v) is 4.78. The van der Waals surface area contributed by atoms with Gasteiger partial charge in [0.15, 0.2) is 5.13 Å². The molecule has 1 N–H and O–H groups in total. The van der Waals surface area contributed by atoms with Gasteiger partial charge in [0.25, 0.3) is 0 Å². The lowest BCUT2D eigenvalue weighted by Gasteiger charge is -2.34. The molecule has 0 radical (unpaired) electrons. The number of carbonyl (C=O) groups is 1. The number of para-hydroxylation sites is 1. The summed E-state index contributed by atoms with van der Waals surface area (Å²) in [5, 5.41) is 3.78. The number of carbonyl (C=O) groups excluding carboxylic acids is 1. The number of benzene rings is 1. The third-order valence-electron chi connectivity index (χ3n) is 5.39. The standard InChI is InChI=1S/C21H28N4O2S/c26-21(23-20-22-18-9-5-2-6-10-19(18)28-20)25-13-11-24(12-14-25)15-16-27-17-7-3-1-4-8-17/h1,3-4,7-8H,2,5-6,9-16H2,(H,22,23,26). The SMILES string of the molecule is O=C(Nc1nc2c(s1)CCCCC2)N1CCN(CCOc2ccccc2)CC1. The van der Waals surface area contributed by atoms with Gasteiger partial charge in [-0.25, -0.2) is 9.78 Å². The van der Waals surface area contributed by atoms with Gasteiger partial charge in [-0.05, 0) is 37.8 Å². The molecule has 0 unspecified atom stereocenters. The Labute approximate surface area is 170 Å². The average molecular weight is 401 g/mol. The van der Waals surface area contributed by atoms with Crippen molar-refractivity contribution in [1.29, 1.82) is 0 Å². The number of thiazole rings is 1. The molecule has 6 nitrogen and oxygen atoms in total. The number of amides is 2. The molecule has 4 rings (SSSR count). The summed E-state index contributed by atoms with van der Waals surface area (Å²) in [6.07, 6.45) is 5.88. The van der Waals surface area contributed by atoms with E-state index in [1.165, 1.54) is 29.8 Å². The van der Waals surface area contributed by atoms with Gasteiger partial charge in [-0.3, -0.25) is 10.2 Å². The van der Waals surface area contributed by atoms with Crippen LogP contribution in [0.4, 0.5) is 9.93 Å². The molecule has 7 heteroatoms. The van der Waals surface area contributed by atoms with Crippen molar-refractivity contribution in [2.75, 3.05) is 44.6 Å². The molecule has 0 spiro atoms. The number of aryl methyl sites for hydroxylation is 2. The number of urea groups is 1. The molecule has 2 aliphatic rings. The highest BCUT2D eigenvalue weighted by Crippen LogP contribution is 2.29. The highest BCUT2D eigenvalue weighted by atomic mass is 32.1. The van der Waals surface area contributed by atoms with Crippen LogP contribution in [-0.2, 0) is 12.8 Å². The van der Waals surface area contributed by atoms with Crippen LogP contribution in [0.3, 0.4) is 0 Å². The lowest BCUT2D eigenvalue weighted by Crippen LogP contribution is -2.50. The molecule has 1 aliphatic heterocycles. The summed E-state index contributed by atoms with van der Waals surface area (Å²) in [5.41, 5.74) is 1.20. The molecule has 2 aromatic rings. The lowest BCUT2D eigenvalue weighted by molar-refractivity contribution is 0.132. The molecule has 2 amide bonds. The minimum absolute atomic E-state index is 0.0240. The van der Waals surface area contributed by atoms with Gasteiger partial charge < -0.3 is 9.64 Å². The zero-order chi connectivity index (χ0) is 19.2. The second-order valence-corrected chi connectivity index (χ2v) is 8.45. The van der Waals surface area contributed by atoms with Crippen LogP contribution in [0.1, 0.15) is 29.8 Å². The molecule has 28 heavy (non-hydrogen) atoms. The van der Waals surface area contributed by atoms with Crippen molar-refractivity contribution in [1.82, 2.24) is 14.8 Å². The lowest BCUT2D eigenvalue weighted by atomic mass is 10.2. The number of anilines is 1. The number of aromatic nitrogens is 1. The number of ether oxygens (including phenoxy) is 1. The van der Waals surface area contributed by atoms with Crippen molar-refractivity contribution in [3.05, 3.63) is 40.9 Å². The Morgan fingerprint density at radius 1 is 1.07 bits per heavy atom. The number of piperazine rings is 1. The van der Waals surface area contributed by atoms with Crippen LogP contribution in [0.2, 0.25) is 0 Å². The maximum atomic E-state index is 12.6. The van der Waals surface area contributed by atoms with Crippen LogP contribution in [0, 0.1) is 0 Å². The second kappa shape index (κ2) is 9.39. The fraction of sp³-hybridized carbons (Fsp3) is 0.524. The van der Waals surface area contributed by atoms with Crippen LogP contribution in [0.5, 0.6) is 5.75 Å². The number of hydrogen-bond donors (Lipinski definition) is 1. The van der Waals surface area contributed by atoms with Crippen LogP contribution in [0.15, 0.2) is 30.3 Å². The third-order valence-corrected chi connectivity index (χ3v) is 6.46. The molecule has 0 bridgehead atoms. The van der Waals surface area contributed by atoms with E-state index in [1.54, 1.807) is 11.3 Å². The monoisotopic (exact) mass is 400 g/mol. The van der Waals surface area contributed by atoms with E-state index in [0.717, 1.165) is 56.4 Å². The molecule has 2 heterocycles. The largest absolute Gasteiger partial charge is 0.492 e. The van der Waals surface area contributed by atoms with E-state index < -0.39 is 0 Å². The summed E-state index contributed by atoms with van der Waals surface area (Å²) in [7, 11) is 0. The summed E-state index contributed by atoms with van der Waals surface area (Å²) in [6.45, 7) is 4.77. The van der Waals surface area contributed by atoms with Gasteiger partial charge in [0, 0.05) is 37.6 Å². The topological polar surface area (TPSA) is 57.7 Å². The third kappa shape index (κ3) is 5.02. The number of hydrogen-bond acceptors (Lipinski definition) is 5. The Morgan fingerprint density at radius 3 is 2.68 bits per heavy atom. The molecular formula is C21H28N4O2S. The molecule has 150 valence electrons. The smallest absolute Gasteiger partial charge is 0.323 e. The van der Waals surface area contributed by atoms with E-state index in [9.17, 15) is 4.79 Å².